The highest BCUT2D eigenvalue weighted by molar-refractivity contribution is 7.19. The van der Waals surface area contributed by atoms with Gasteiger partial charge in [0.15, 0.2) is 5.13 Å². The van der Waals surface area contributed by atoms with Crippen LogP contribution in [-0.2, 0) is 10.8 Å². The number of anilines is 1. The smallest absolute Gasteiger partial charge is 0.324 e. The number of hydrogen-bond donors (Lipinski definition) is 1. The summed E-state index contributed by atoms with van der Waals surface area (Å²) in [5.41, 5.74) is 4.12. The van der Waals surface area contributed by atoms with Crippen LogP contribution in [0, 0.1) is 15.5 Å². The maximum absolute atomic E-state index is 12.9. The van der Waals surface area contributed by atoms with Gasteiger partial charge in [-0.2, -0.15) is 0 Å². The van der Waals surface area contributed by atoms with Crippen molar-refractivity contribution < 1.29 is 14.5 Å². The molecule has 2 heterocycles. The number of rotatable bonds is 8. The third kappa shape index (κ3) is 7.59. The molecule has 0 radical (unpaired) electrons. The SMILES string of the molecule is CC(C)(C)CC(C)(C)c1ccc(Oc2sc(NC(=O)c3ccc([N+](=O)[O-])s3)nc2-c2ccc(C(C)(C)C)cc2)cc1. The van der Waals surface area contributed by atoms with Crippen molar-refractivity contribution in [3.8, 4) is 22.1 Å². The first-order chi connectivity index (χ1) is 19.0. The molecule has 0 atom stereocenters. The summed E-state index contributed by atoms with van der Waals surface area (Å²) >= 11 is 2.04. The summed E-state index contributed by atoms with van der Waals surface area (Å²) in [5.74, 6) is 0.215. The molecule has 2 aromatic heterocycles. The number of nitrogens with zero attached hydrogens (tertiary/aromatic N) is 2. The van der Waals surface area contributed by atoms with Crippen molar-refractivity contribution in [3.05, 3.63) is 86.8 Å². The number of thiazole rings is 1. The summed E-state index contributed by atoms with van der Waals surface area (Å²) in [5, 5.41) is 14.6. The lowest BCUT2D eigenvalue weighted by Crippen LogP contribution is -2.24. The molecule has 0 unspecified atom stereocenters. The van der Waals surface area contributed by atoms with Crippen LogP contribution in [-0.4, -0.2) is 15.8 Å². The van der Waals surface area contributed by atoms with E-state index < -0.39 is 10.8 Å². The van der Waals surface area contributed by atoms with E-state index in [-0.39, 0.29) is 26.1 Å². The number of nitrogens with one attached hydrogen (secondary N) is 1. The van der Waals surface area contributed by atoms with E-state index in [1.807, 2.05) is 24.3 Å². The largest absolute Gasteiger partial charge is 0.444 e. The topological polar surface area (TPSA) is 94.4 Å². The van der Waals surface area contributed by atoms with Crippen molar-refractivity contribution in [3.63, 3.8) is 0 Å². The first-order valence-corrected chi connectivity index (χ1v) is 15.1. The molecule has 1 amide bonds. The van der Waals surface area contributed by atoms with Gasteiger partial charge in [0.1, 0.15) is 11.4 Å². The third-order valence-electron chi connectivity index (χ3n) is 6.66. The minimum absolute atomic E-state index is 0.00486. The van der Waals surface area contributed by atoms with Crippen LogP contribution in [0.2, 0.25) is 0 Å². The lowest BCUT2D eigenvalue weighted by Gasteiger charge is -2.33. The van der Waals surface area contributed by atoms with Crippen molar-refractivity contribution >= 4 is 38.7 Å². The number of hydrogen-bond acceptors (Lipinski definition) is 7. The molecule has 0 saturated heterocycles. The van der Waals surface area contributed by atoms with Gasteiger partial charge in [0.25, 0.3) is 5.91 Å². The van der Waals surface area contributed by atoms with Crippen molar-refractivity contribution in [2.45, 2.75) is 72.6 Å². The van der Waals surface area contributed by atoms with Crippen LogP contribution in [0.5, 0.6) is 10.8 Å². The molecule has 0 spiro atoms. The van der Waals surface area contributed by atoms with E-state index >= 15 is 0 Å². The van der Waals surface area contributed by atoms with Gasteiger partial charge in [-0.3, -0.25) is 20.2 Å². The summed E-state index contributed by atoms with van der Waals surface area (Å²) in [7, 11) is 0. The molecule has 0 fully saturated rings. The number of ether oxygens (including phenoxy) is 1. The fourth-order valence-electron chi connectivity index (χ4n) is 4.95. The Morgan fingerprint density at radius 3 is 2.02 bits per heavy atom. The van der Waals surface area contributed by atoms with Crippen molar-refractivity contribution in [1.29, 1.82) is 0 Å². The Labute approximate surface area is 249 Å². The maximum atomic E-state index is 12.9. The van der Waals surface area contributed by atoms with Crippen LogP contribution < -0.4 is 10.1 Å². The number of carbonyl (C=O) groups is 1. The average Bonchev–Trinajstić information content (AvgIpc) is 3.50. The molecule has 2 aromatic carbocycles. The monoisotopic (exact) mass is 591 g/mol. The Hall–Kier alpha value is -3.56. The van der Waals surface area contributed by atoms with Crippen LogP contribution in [0.15, 0.2) is 60.7 Å². The molecule has 4 aromatic rings. The Balaban J connectivity index is 1.64. The van der Waals surface area contributed by atoms with Gasteiger partial charge in [-0.15, -0.1) is 0 Å². The normalized spacial score (nSPS) is 12.3. The first-order valence-electron chi connectivity index (χ1n) is 13.5. The molecule has 0 bridgehead atoms. The Morgan fingerprint density at radius 2 is 1.49 bits per heavy atom. The van der Waals surface area contributed by atoms with Gasteiger partial charge in [-0.1, -0.05) is 114 Å². The first kappa shape index (κ1) is 30.4. The van der Waals surface area contributed by atoms with Crippen molar-refractivity contribution in [2.75, 3.05) is 5.32 Å². The number of amides is 1. The molecule has 0 saturated carbocycles. The van der Waals surface area contributed by atoms with E-state index in [0.717, 1.165) is 23.3 Å². The number of aromatic nitrogens is 1. The minimum Gasteiger partial charge on any atom is -0.444 e. The highest BCUT2D eigenvalue weighted by Gasteiger charge is 2.27. The number of carbonyl (C=O) groups excluding carboxylic acids is 1. The van der Waals surface area contributed by atoms with Gasteiger partial charge in [0.2, 0.25) is 5.06 Å². The van der Waals surface area contributed by atoms with Crippen LogP contribution in [0.4, 0.5) is 10.1 Å². The summed E-state index contributed by atoms with van der Waals surface area (Å²) in [6, 6.07) is 19.1. The van der Waals surface area contributed by atoms with Crippen LogP contribution in [0.3, 0.4) is 0 Å². The molecular weight excluding hydrogens is 555 g/mol. The fourth-order valence-corrected chi connectivity index (χ4v) is 6.53. The van der Waals surface area contributed by atoms with E-state index in [1.165, 1.54) is 34.6 Å². The highest BCUT2D eigenvalue weighted by atomic mass is 32.1. The molecule has 216 valence electrons. The van der Waals surface area contributed by atoms with Crippen molar-refractivity contribution in [2.24, 2.45) is 5.41 Å². The molecule has 9 heteroatoms. The molecule has 0 aliphatic heterocycles. The second-order valence-corrected chi connectivity index (χ2v) is 15.1. The van der Waals surface area contributed by atoms with E-state index in [9.17, 15) is 14.9 Å². The molecule has 7 nitrogen and oxygen atoms in total. The summed E-state index contributed by atoms with van der Waals surface area (Å²) < 4.78 is 6.35. The second-order valence-electron chi connectivity index (χ2n) is 13.1. The molecule has 0 aliphatic rings. The lowest BCUT2D eigenvalue weighted by atomic mass is 9.72. The van der Waals surface area contributed by atoms with Crippen LogP contribution in [0.25, 0.3) is 11.3 Å². The van der Waals surface area contributed by atoms with Gasteiger partial charge in [-0.25, -0.2) is 4.98 Å². The summed E-state index contributed by atoms with van der Waals surface area (Å²) in [6.45, 7) is 17.8. The Bertz CT molecular complexity index is 1540. The molecule has 0 aliphatic carbocycles. The molecule has 4 rings (SSSR count). The summed E-state index contributed by atoms with van der Waals surface area (Å²) in [6.07, 6.45) is 1.04. The molecular formula is C32H37N3O4S2. The lowest BCUT2D eigenvalue weighted by molar-refractivity contribution is -0.380. The predicted molar refractivity (Wildman–Crippen MR) is 169 cm³/mol. The van der Waals surface area contributed by atoms with E-state index in [2.05, 4.69) is 85.0 Å². The summed E-state index contributed by atoms with van der Waals surface area (Å²) in [4.78, 5) is 28.3. The van der Waals surface area contributed by atoms with Crippen molar-refractivity contribution in [1.82, 2.24) is 4.98 Å². The maximum Gasteiger partial charge on any atom is 0.324 e. The zero-order valence-electron chi connectivity index (χ0n) is 24.8. The number of nitro groups is 1. The van der Waals surface area contributed by atoms with E-state index in [4.69, 9.17) is 9.72 Å². The van der Waals surface area contributed by atoms with Crippen LogP contribution >= 0.6 is 22.7 Å². The zero-order valence-corrected chi connectivity index (χ0v) is 26.5. The highest BCUT2D eigenvalue weighted by Crippen LogP contribution is 2.42. The zero-order chi connectivity index (χ0) is 30.2. The van der Waals surface area contributed by atoms with Crippen LogP contribution in [0.1, 0.15) is 82.6 Å². The van der Waals surface area contributed by atoms with Gasteiger partial charge in [0, 0.05) is 11.6 Å². The van der Waals surface area contributed by atoms with Gasteiger partial charge in [0.05, 0.1) is 9.80 Å². The third-order valence-corrected chi connectivity index (χ3v) is 8.54. The number of thiophene rings is 1. The van der Waals surface area contributed by atoms with Gasteiger partial charge < -0.3 is 4.74 Å². The fraction of sp³-hybridized carbons (Fsp3) is 0.375. The Kier molecular flexibility index (Phi) is 8.43. The average molecular weight is 592 g/mol. The minimum atomic E-state index is -0.508. The van der Waals surface area contributed by atoms with Gasteiger partial charge >= 0.3 is 5.00 Å². The van der Waals surface area contributed by atoms with E-state index in [1.54, 1.807) is 0 Å². The number of benzene rings is 2. The molecule has 41 heavy (non-hydrogen) atoms. The Morgan fingerprint density at radius 1 is 0.878 bits per heavy atom. The molecule has 1 N–H and O–H groups in total. The standard InChI is InChI=1S/C32H37N3O4S2/c1-30(2,3)19-32(7,8)22-13-15-23(16-14-22)39-28-26(20-9-11-21(12-10-20)31(4,5)6)33-29(41-28)34-27(36)24-17-18-25(40-24)35(37)38/h9-18H,19H2,1-8H3,(H,33,34,36). The van der Waals surface area contributed by atoms with E-state index in [0.29, 0.717) is 21.6 Å². The second kappa shape index (κ2) is 11.4. The van der Waals surface area contributed by atoms with Gasteiger partial charge in [-0.05, 0) is 52.0 Å². The predicted octanol–water partition coefficient (Wildman–Crippen LogP) is 9.84. The quantitative estimate of drug-likeness (QED) is 0.163.